The van der Waals surface area contributed by atoms with E-state index in [4.69, 9.17) is 19.5 Å². The SMILES string of the molecule is CCOP(=O)(CCCCCCCCn1ncc2c(OC)nc(N)nc21)OCC. The fourth-order valence-corrected chi connectivity index (χ4v) is 4.83. The highest BCUT2D eigenvalue weighted by Crippen LogP contribution is 2.48. The molecule has 0 amide bonds. The van der Waals surface area contributed by atoms with Crippen LogP contribution in [0.3, 0.4) is 0 Å². The maximum atomic E-state index is 12.4. The lowest BCUT2D eigenvalue weighted by atomic mass is 10.1. The molecule has 9 nitrogen and oxygen atoms in total. The number of unbranched alkanes of at least 4 members (excludes halogenated alkanes) is 5. The van der Waals surface area contributed by atoms with Crippen LogP contribution >= 0.6 is 7.60 Å². The number of nitrogen functional groups attached to an aromatic ring is 1. The maximum absolute atomic E-state index is 12.4. The Morgan fingerprint density at radius 2 is 1.68 bits per heavy atom. The summed E-state index contributed by atoms with van der Waals surface area (Å²) in [4.78, 5) is 8.34. The minimum absolute atomic E-state index is 0.183. The largest absolute Gasteiger partial charge is 0.480 e. The lowest BCUT2D eigenvalue weighted by molar-refractivity contribution is 0.219. The predicted molar refractivity (Wildman–Crippen MR) is 110 cm³/mol. The molecule has 0 aromatic carbocycles. The molecule has 0 unspecified atom stereocenters. The van der Waals surface area contributed by atoms with Gasteiger partial charge in [0.1, 0.15) is 5.39 Å². The van der Waals surface area contributed by atoms with Crippen LogP contribution in [0.4, 0.5) is 5.95 Å². The number of nitrogens with two attached hydrogens (primary N) is 1. The van der Waals surface area contributed by atoms with Crippen molar-refractivity contribution in [3.63, 3.8) is 0 Å². The molecule has 0 spiro atoms. The Morgan fingerprint density at radius 1 is 1.04 bits per heavy atom. The van der Waals surface area contributed by atoms with Gasteiger partial charge in [-0.25, -0.2) is 4.68 Å². The van der Waals surface area contributed by atoms with E-state index in [9.17, 15) is 4.57 Å². The van der Waals surface area contributed by atoms with Crippen molar-refractivity contribution in [3.05, 3.63) is 6.20 Å². The molecule has 0 bridgehead atoms. The van der Waals surface area contributed by atoms with E-state index in [0.717, 1.165) is 50.5 Å². The fourth-order valence-electron chi connectivity index (χ4n) is 3.10. The van der Waals surface area contributed by atoms with Gasteiger partial charge in [-0.3, -0.25) is 4.57 Å². The molecule has 0 aliphatic heterocycles. The summed E-state index contributed by atoms with van der Waals surface area (Å²) in [6.07, 6.45) is 8.40. The number of rotatable bonds is 14. The summed E-state index contributed by atoms with van der Waals surface area (Å²) in [5, 5.41) is 5.14. The third-order valence-corrected chi connectivity index (χ3v) is 6.54. The topological polar surface area (TPSA) is 114 Å². The summed E-state index contributed by atoms with van der Waals surface area (Å²) in [7, 11) is -1.34. The molecule has 10 heteroatoms. The molecule has 0 saturated heterocycles. The number of nitrogens with zero attached hydrogens (tertiary/aromatic N) is 4. The van der Waals surface area contributed by atoms with Gasteiger partial charge in [0, 0.05) is 6.54 Å². The van der Waals surface area contributed by atoms with Crippen molar-refractivity contribution in [3.8, 4) is 5.88 Å². The number of ether oxygens (including phenoxy) is 1. The van der Waals surface area contributed by atoms with Gasteiger partial charge in [0.2, 0.25) is 11.8 Å². The number of aromatic nitrogens is 4. The fraction of sp³-hybridized carbons (Fsp3) is 0.722. The summed E-state index contributed by atoms with van der Waals surface area (Å²) in [6, 6.07) is 0. The Labute approximate surface area is 166 Å². The molecule has 2 aromatic rings. The Balaban J connectivity index is 1.68. The zero-order valence-corrected chi connectivity index (χ0v) is 18.0. The van der Waals surface area contributed by atoms with Gasteiger partial charge < -0.3 is 19.5 Å². The lowest BCUT2D eigenvalue weighted by Crippen LogP contribution is -2.04. The van der Waals surface area contributed by atoms with Crippen molar-refractivity contribution >= 4 is 24.6 Å². The Kier molecular flexibility index (Phi) is 9.15. The summed E-state index contributed by atoms with van der Waals surface area (Å²) in [6.45, 7) is 5.28. The van der Waals surface area contributed by atoms with E-state index in [0.29, 0.717) is 30.9 Å². The van der Waals surface area contributed by atoms with Crippen LogP contribution in [-0.2, 0) is 20.2 Å². The zero-order valence-electron chi connectivity index (χ0n) is 17.1. The summed E-state index contributed by atoms with van der Waals surface area (Å²) >= 11 is 0. The van der Waals surface area contributed by atoms with Crippen molar-refractivity contribution in [2.45, 2.75) is 58.9 Å². The highest BCUT2D eigenvalue weighted by Gasteiger charge is 2.22. The average molecular weight is 413 g/mol. The molecule has 0 saturated carbocycles. The van der Waals surface area contributed by atoms with Crippen molar-refractivity contribution in [1.29, 1.82) is 0 Å². The number of hydrogen-bond acceptors (Lipinski definition) is 8. The van der Waals surface area contributed by atoms with Crippen LogP contribution in [0.1, 0.15) is 52.4 Å². The minimum atomic E-state index is -2.89. The first-order valence-corrected chi connectivity index (χ1v) is 11.7. The van der Waals surface area contributed by atoms with Crippen LogP contribution in [0.5, 0.6) is 5.88 Å². The standard InChI is InChI=1S/C18H32N5O4P/c1-4-26-28(24,27-5-2)13-11-9-7-6-8-10-12-23-16-15(14-20-23)17(25-3)22-18(19)21-16/h14H,4-13H2,1-3H3,(H2,19,21,22). The molecular weight excluding hydrogens is 381 g/mol. The van der Waals surface area contributed by atoms with E-state index in [1.165, 1.54) is 0 Å². The molecule has 0 atom stereocenters. The number of fused-ring (bicyclic) bond motifs is 1. The Morgan fingerprint density at radius 3 is 2.32 bits per heavy atom. The molecule has 0 aliphatic rings. The van der Waals surface area contributed by atoms with Gasteiger partial charge in [-0.2, -0.15) is 15.1 Å². The van der Waals surface area contributed by atoms with Crippen molar-refractivity contribution in [2.24, 2.45) is 0 Å². The number of hydrogen-bond donors (Lipinski definition) is 1. The highest BCUT2D eigenvalue weighted by atomic mass is 31.2. The van der Waals surface area contributed by atoms with E-state index in [-0.39, 0.29) is 5.95 Å². The molecule has 2 N–H and O–H groups in total. The summed E-state index contributed by atoms with van der Waals surface area (Å²) in [5.74, 6) is 0.632. The van der Waals surface area contributed by atoms with E-state index in [2.05, 4.69) is 15.1 Å². The van der Waals surface area contributed by atoms with Gasteiger partial charge in [0.25, 0.3) is 0 Å². The first-order chi connectivity index (χ1) is 13.5. The van der Waals surface area contributed by atoms with Gasteiger partial charge in [0.05, 0.1) is 32.7 Å². The molecular formula is C18H32N5O4P. The predicted octanol–water partition coefficient (Wildman–Crippen LogP) is 4.02. The van der Waals surface area contributed by atoms with E-state index in [1.807, 2.05) is 18.5 Å². The smallest absolute Gasteiger partial charge is 0.330 e. The van der Waals surface area contributed by atoms with Crippen LogP contribution in [0, 0.1) is 0 Å². The minimum Gasteiger partial charge on any atom is -0.480 e. The summed E-state index contributed by atoms with van der Waals surface area (Å²) < 4.78 is 30.1. The van der Waals surface area contributed by atoms with Crippen LogP contribution < -0.4 is 10.5 Å². The lowest BCUT2D eigenvalue weighted by Gasteiger charge is -2.16. The normalized spacial score (nSPS) is 12.0. The molecule has 0 aliphatic carbocycles. The van der Waals surface area contributed by atoms with Crippen LogP contribution in [0.25, 0.3) is 11.0 Å². The second-order valence-electron chi connectivity index (χ2n) is 6.49. The van der Waals surface area contributed by atoms with Gasteiger partial charge >= 0.3 is 7.60 Å². The Bertz CT molecular complexity index is 773. The van der Waals surface area contributed by atoms with Crippen LogP contribution in [-0.4, -0.2) is 46.2 Å². The second-order valence-corrected chi connectivity index (χ2v) is 8.67. The van der Waals surface area contributed by atoms with Gasteiger partial charge in [-0.05, 0) is 26.7 Å². The number of aryl methyl sites for hydroxylation is 1. The monoisotopic (exact) mass is 413 g/mol. The molecule has 28 heavy (non-hydrogen) atoms. The molecule has 158 valence electrons. The molecule has 0 fully saturated rings. The van der Waals surface area contributed by atoms with Crippen molar-refractivity contribution < 1.29 is 18.3 Å². The Hall–Kier alpha value is -1.70. The van der Waals surface area contributed by atoms with E-state index >= 15 is 0 Å². The number of anilines is 1. The number of methoxy groups -OCH3 is 1. The molecule has 2 rings (SSSR count). The van der Waals surface area contributed by atoms with Crippen LogP contribution in [0.2, 0.25) is 0 Å². The van der Waals surface area contributed by atoms with Gasteiger partial charge in [0.15, 0.2) is 5.65 Å². The molecule has 2 aromatic heterocycles. The zero-order chi connectivity index (χ0) is 20.4. The quantitative estimate of drug-likeness (QED) is 0.365. The van der Waals surface area contributed by atoms with E-state index < -0.39 is 7.60 Å². The van der Waals surface area contributed by atoms with E-state index in [1.54, 1.807) is 13.3 Å². The van der Waals surface area contributed by atoms with Crippen molar-refractivity contribution in [2.75, 3.05) is 32.2 Å². The third-order valence-electron chi connectivity index (χ3n) is 4.38. The maximum Gasteiger partial charge on any atom is 0.330 e. The molecule has 2 heterocycles. The van der Waals surface area contributed by atoms with Gasteiger partial charge in [-0.1, -0.05) is 25.7 Å². The van der Waals surface area contributed by atoms with Gasteiger partial charge in [-0.15, -0.1) is 0 Å². The second kappa shape index (κ2) is 11.3. The highest BCUT2D eigenvalue weighted by molar-refractivity contribution is 7.53. The third kappa shape index (κ3) is 6.43. The van der Waals surface area contributed by atoms with Crippen LogP contribution in [0.15, 0.2) is 6.20 Å². The average Bonchev–Trinajstić information content (AvgIpc) is 3.06. The first kappa shape index (κ1) is 22.6. The summed E-state index contributed by atoms with van der Waals surface area (Å²) in [5.41, 5.74) is 6.44. The van der Waals surface area contributed by atoms with Crippen molar-refractivity contribution in [1.82, 2.24) is 19.7 Å². The molecule has 0 radical (unpaired) electrons. The first-order valence-electron chi connectivity index (χ1n) is 9.94.